The third-order valence-electron chi connectivity index (χ3n) is 5.01. The Morgan fingerprint density at radius 1 is 0.964 bits per heavy atom. The molecule has 5 heteroatoms. The van der Waals surface area contributed by atoms with Crippen molar-refractivity contribution in [2.75, 3.05) is 16.8 Å². The Morgan fingerprint density at radius 2 is 1.71 bits per heavy atom. The van der Waals surface area contributed by atoms with E-state index in [4.69, 9.17) is 0 Å². The number of hydrogen-bond acceptors (Lipinski definition) is 4. The van der Waals surface area contributed by atoms with Gasteiger partial charge in [-0.2, -0.15) is 0 Å². The van der Waals surface area contributed by atoms with Crippen LogP contribution in [0.4, 0.5) is 11.5 Å². The Bertz CT molecular complexity index is 1030. The smallest absolute Gasteiger partial charge is 0.255 e. The standard InChI is InChI=1S/C23H21N3O2/c1-16(27)17-6-8-21(9-7-17)25-23(28)19-10-12-24-22(14-19)26-13-11-18-4-2-3-5-20(18)15-26/h2-10,12,14H,11,13,15H2,1H3,(H,25,28). The quantitative estimate of drug-likeness (QED) is 0.702. The third-order valence-corrected chi connectivity index (χ3v) is 5.01. The Kier molecular flexibility index (Phi) is 4.89. The molecule has 0 spiro atoms. The summed E-state index contributed by atoms with van der Waals surface area (Å²) < 4.78 is 0. The highest BCUT2D eigenvalue weighted by Crippen LogP contribution is 2.23. The number of benzene rings is 2. The van der Waals surface area contributed by atoms with Crippen LogP contribution >= 0.6 is 0 Å². The van der Waals surface area contributed by atoms with E-state index in [1.165, 1.54) is 18.1 Å². The zero-order chi connectivity index (χ0) is 19.5. The molecule has 0 unspecified atom stereocenters. The molecule has 0 radical (unpaired) electrons. The first kappa shape index (κ1) is 17.9. The van der Waals surface area contributed by atoms with Gasteiger partial charge in [-0.15, -0.1) is 0 Å². The molecule has 1 aromatic heterocycles. The van der Waals surface area contributed by atoms with Crippen LogP contribution in [0.5, 0.6) is 0 Å². The highest BCUT2D eigenvalue weighted by atomic mass is 16.1. The van der Waals surface area contributed by atoms with E-state index in [0.717, 1.165) is 25.3 Å². The van der Waals surface area contributed by atoms with Gasteiger partial charge in [-0.3, -0.25) is 9.59 Å². The second-order valence-corrected chi connectivity index (χ2v) is 6.93. The summed E-state index contributed by atoms with van der Waals surface area (Å²) in [6, 6.07) is 18.9. The highest BCUT2D eigenvalue weighted by molar-refractivity contribution is 6.05. The van der Waals surface area contributed by atoms with Crippen molar-refractivity contribution in [2.24, 2.45) is 0 Å². The maximum Gasteiger partial charge on any atom is 0.255 e. The number of amides is 1. The number of anilines is 2. The predicted molar refractivity (Wildman–Crippen MR) is 110 cm³/mol. The lowest BCUT2D eigenvalue weighted by molar-refractivity contribution is 0.101. The van der Waals surface area contributed by atoms with Crippen molar-refractivity contribution in [3.8, 4) is 0 Å². The van der Waals surface area contributed by atoms with Crippen LogP contribution in [0.25, 0.3) is 0 Å². The average molecular weight is 371 g/mol. The fraction of sp³-hybridized carbons (Fsp3) is 0.174. The van der Waals surface area contributed by atoms with Crippen LogP contribution in [-0.4, -0.2) is 23.2 Å². The number of Topliss-reactive ketones (excluding diaryl/α,β-unsaturated/α-hetero) is 1. The summed E-state index contributed by atoms with van der Waals surface area (Å²) in [6.07, 6.45) is 2.64. The first-order valence-electron chi connectivity index (χ1n) is 9.30. The molecule has 28 heavy (non-hydrogen) atoms. The van der Waals surface area contributed by atoms with E-state index in [1.807, 2.05) is 6.07 Å². The molecule has 0 saturated carbocycles. The van der Waals surface area contributed by atoms with Gasteiger partial charge in [-0.25, -0.2) is 4.98 Å². The summed E-state index contributed by atoms with van der Waals surface area (Å²) in [5, 5.41) is 2.87. The maximum absolute atomic E-state index is 12.6. The molecule has 1 aliphatic rings. The van der Waals surface area contributed by atoms with E-state index in [2.05, 4.69) is 39.5 Å². The Hall–Kier alpha value is -3.47. The van der Waals surface area contributed by atoms with Crippen molar-refractivity contribution in [1.82, 2.24) is 4.98 Å². The molecule has 0 bridgehead atoms. The Balaban J connectivity index is 1.49. The summed E-state index contributed by atoms with van der Waals surface area (Å²) in [5.74, 6) is 0.602. The van der Waals surface area contributed by atoms with Gasteiger partial charge in [0.1, 0.15) is 5.82 Å². The van der Waals surface area contributed by atoms with Gasteiger partial charge in [0.25, 0.3) is 5.91 Å². The SMILES string of the molecule is CC(=O)c1ccc(NC(=O)c2ccnc(N3CCc4ccccc4C3)c2)cc1. The van der Waals surface area contributed by atoms with Crippen molar-refractivity contribution in [1.29, 1.82) is 0 Å². The van der Waals surface area contributed by atoms with Crippen molar-refractivity contribution < 1.29 is 9.59 Å². The van der Waals surface area contributed by atoms with Crippen molar-refractivity contribution in [2.45, 2.75) is 19.9 Å². The number of nitrogens with zero attached hydrogens (tertiary/aromatic N) is 2. The largest absolute Gasteiger partial charge is 0.352 e. The molecule has 1 N–H and O–H groups in total. The number of rotatable bonds is 4. The van der Waals surface area contributed by atoms with Crippen LogP contribution in [0.15, 0.2) is 66.9 Å². The maximum atomic E-state index is 12.6. The number of carbonyl (C=O) groups excluding carboxylic acids is 2. The normalized spacial score (nSPS) is 13.0. The van der Waals surface area contributed by atoms with Crippen LogP contribution in [-0.2, 0) is 13.0 Å². The first-order valence-corrected chi connectivity index (χ1v) is 9.30. The van der Waals surface area contributed by atoms with E-state index < -0.39 is 0 Å². The number of ketones is 1. The van der Waals surface area contributed by atoms with E-state index in [0.29, 0.717) is 16.8 Å². The van der Waals surface area contributed by atoms with E-state index in [9.17, 15) is 9.59 Å². The molecule has 3 aromatic rings. The molecule has 2 aromatic carbocycles. The van der Waals surface area contributed by atoms with Crippen molar-refractivity contribution in [3.05, 3.63) is 89.1 Å². The number of carbonyl (C=O) groups is 2. The summed E-state index contributed by atoms with van der Waals surface area (Å²) in [5.41, 5.74) is 4.51. The average Bonchev–Trinajstić information content (AvgIpc) is 2.74. The minimum atomic E-state index is -0.198. The summed E-state index contributed by atoms with van der Waals surface area (Å²) in [6.45, 7) is 3.19. The highest BCUT2D eigenvalue weighted by Gasteiger charge is 2.18. The minimum absolute atomic E-state index is 0.000225. The van der Waals surface area contributed by atoms with E-state index in [-0.39, 0.29) is 11.7 Å². The molecule has 2 heterocycles. The molecular weight excluding hydrogens is 350 g/mol. The van der Waals surface area contributed by atoms with Gasteiger partial charge >= 0.3 is 0 Å². The molecule has 1 aliphatic heterocycles. The van der Waals surface area contributed by atoms with Crippen LogP contribution in [0.1, 0.15) is 38.8 Å². The van der Waals surface area contributed by atoms with Crippen LogP contribution in [0.2, 0.25) is 0 Å². The second kappa shape index (κ2) is 7.64. The lowest BCUT2D eigenvalue weighted by Gasteiger charge is -2.29. The predicted octanol–water partition coefficient (Wildman–Crippen LogP) is 4.10. The van der Waals surface area contributed by atoms with Crippen LogP contribution < -0.4 is 10.2 Å². The summed E-state index contributed by atoms with van der Waals surface area (Å²) in [4.78, 5) is 30.7. The lowest BCUT2D eigenvalue weighted by atomic mass is 10.00. The third kappa shape index (κ3) is 3.78. The van der Waals surface area contributed by atoms with Crippen LogP contribution in [0, 0.1) is 0 Å². The fourth-order valence-electron chi connectivity index (χ4n) is 3.42. The van der Waals surface area contributed by atoms with Crippen molar-refractivity contribution in [3.63, 3.8) is 0 Å². The Morgan fingerprint density at radius 3 is 2.46 bits per heavy atom. The first-order chi connectivity index (χ1) is 13.6. The number of pyridine rings is 1. The molecule has 5 nitrogen and oxygen atoms in total. The number of fused-ring (bicyclic) bond motifs is 1. The van der Waals surface area contributed by atoms with Gasteiger partial charge in [0.2, 0.25) is 0 Å². The van der Waals surface area contributed by atoms with Gasteiger partial charge in [0.15, 0.2) is 5.78 Å². The molecule has 0 aliphatic carbocycles. The molecular formula is C23H21N3O2. The lowest BCUT2D eigenvalue weighted by Crippen LogP contribution is -2.31. The Labute approximate surface area is 164 Å². The topological polar surface area (TPSA) is 62.3 Å². The fourth-order valence-corrected chi connectivity index (χ4v) is 3.42. The number of hydrogen-bond donors (Lipinski definition) is 1. The molecule has 1 amide bonds. The van der Waals surface area contributed by atoms with Gasteiger partial charge in [-0.05, 0) is 60.9 Å². The monoisotopic (exact) mass is 371 g/mol. The van der Waals surface area contributed by atoms with Gasteiger partial charge in [-0.1, -0.05) is 24.3 Å². The van der Waals surface area contributed by atoms with E-state index in [1.54, 1.807) is 36.5 Å². The van der Waals surface area contributed by atoms with Gasteiger partial charge in [0, 0.05) is 36.1 Å². The molecule has 140 valence electrons. The molecule has 0 atom stereocenters. The molecule has 0 fully saturated rings. The number of aromatic nitrogens is 1. The molecule has 0 saturated heterocycles. The second-order valence-electron chi connectivity index (χ2n) is 6.93. The molecule has 4 rings (SSSR count). The zero-order valence-corrected chi connectivity index (χ0v) is 15.7. The summed E-state index contributed by atoms with van der Waals surface area (Å²) >= 11 is 0. The minimum Gasteiger partial charge on any atom is -0.352 e. The van der Waals surface area contributed by atoms with E-state index >= 15 is 0 Å². The van der Waals surface area contributed by atoms with Crippen LogP contribution in [0.3, 0.4) is 0 Å². The van der Waals surface area contributed by atoms with Crippen molar-refractivity contribution >= 4 is 23.2 Å². The summed E-state index contributed by atoms with van der Waals surface area (Å²) in [7, 11) is 0. The zero-order valence-electron chi connectivity index (χ0n) is 15.7. The van der Waals surface area contributed by atoms with Gasteiger partial charge in [0.05, 0.1) is 0 Å². The number of nitrogens with one attached hydrogen (secondary N) is 1. The van der Waals surface area contributed by atoms with Gasteiger partial charge < -0.3 is 10.2 Å².